The molecule has 0 saturated heterocycles. The van der Waals surface area contributed by atoms with Gasteiger partial charge in [-0.1, -0.05) is 30.3 Å². The first-order valence-corrected chi connectivity index (χ1v) is 9.30. The van der Waals surface area contributed by atoms with Gasteiger partial charge in [-0.3, -0.25) is 0 Å². The van der Waals surface area contributed by atoms with Crippen molar-refractivity contribution in [3.05, 3.63) is 66.5 Å². The maximum absolute atomic E-state index is 13.8. The fourth-order valence-corrected chi connectivity index (χ4v) is 3.75. The Bertz CT molecular complexity index is 1110. The number of primary sulfonamides is 1. The Morgan fingerprint density at radius 2 is 1.54 bits per heavy atom. The molecule has 26 heavy (non-hydrogen) atoms. The lowest BCUT2D eigenvalue weighted by molar-refractivity contribution is 0.174. The molecule has 0 unspecified atom stereocenters. The van der Waals surface area contributed by atoms with Gasteiger partial charge in [0.2, 0.25) is 16.8 Å². The smallest absolute Gasteiger partial charge is 0.238 e. The number of rotatable bonds is 3. The van der Waals surface area contributed by atoms with E-state index in [2.05, 4.69) is 0 Å². The third-order valence-corrected chi connectivity index (χ3v) is 5.10. The molecular formula is C19H14FNO4S. The molecule has 1 aliphatic rings. The Balaban J connectivity index is 2.04. The molecule has 2 N–H and O–H groups in total. The summed E-state index contributed by atoms with van der Waals surface area (Å²) in [5, 5.41) is 5.38. The fourth-order valence-electron chi connectivity index (χ4n) is 3.00. The molecule has 0 atom stereocenters. The second kappa shape index (κ2) is 6.12. The lowest BCUT2D eigenvalue weighted by Crippen LogP contribution is -2.13. The van der Waals surface area contributed by atoms with Gasteiger partial charge in [0.25, 0.3) is 0 Å². The predicted molar refractivity (Wildman–Crippen MR) is 94.8 cm³/mol. The van der Waals surface area contributed by atoms with Crippen molar-refractivity contribution in [1.29, 1.82) is 0 Å². The van der Waals surface area contributed by atoms with Gasteiger partial charge in [-0.15, -0.1) is 0 Å². The average Bonchev–Trinajstić information content (AvgIpc) is 3.07. The van der Waals surface area contributed by atoms with Gasteiger partial charge in [-0.05, 0) is 47.0 Å². The van der Waals surface area contributed by atoms with Crippen LogP contribution in [0.1, 0.15) is 0 Å². The summed E-state index contributed by atoms with van der Waals surface area (Å²) < 4.78 is 48.7. The summed E-state index contributed by atoms with van der Waals surface area (Å²) in [6.45, 7) is 0.0677. The SMILES string of the molecule is NS(=O)(=O)c1ccccc1-c1cc2c(cc1-c1cccc(F)c1)OCO2. The van der Waals surface area contributed by atoms with Crippen LogP contribution in [-0.4, -0.2) is 15.2 Å². The number of benzene rings is 3. The van der Waals surface area contributed by atoms with E-state index < -0.39 is 15.8 Å². The van der Waals surface area contributed by atoms with Crippen LogP contribution >= 0.6 is 0 Å². The van der Waals surface area contributed by atoms with E-state index in [4.69, 9.17) is 14.6 Å². The molecule has 0 fully saturated rings. The molecule has 1 aliphatic heterocycles. The monoisotopic (exact) mass is 371 g/mol. The zero-order chi connectivity index (χ0) is 18.3. The summed E-state index contributed by atoms with van der Waals surface area (Å²) >= 11 is 0. The van der Waals surface area contributed by atoms with E-state index in [9.17, 15) is 12.8 Å². The molecule has 4 rings (SSSR count). The van der Waals surface area contributed by atoms with Gasteiger partial charge in [0.15, 0.2) is 11.5 Å². The van der Waals surface area contributed by atoms with Crippen LogP contribution in [0.2, 0.25) is 0 Å². The first-order valence-electron chi connectivity index (χ1n) is 7.75. The van der Waals surface area contributed by atoms with E-state index in [1.54, 1.807) is 42.5 Å². The van der Waals surface area contributed by atoms with Crippen LogP contribution in [0.25, 0.3) is 22.3 Å². The van der Waals surface area contributed by atoms with Crippen LogP contribution in [0.5, 0.6) is 11.5 Å². The van der Waals surface area contributed by atoms with Gasteiger partial charge in [-0.2, -0.15) is 0 Å². The van der Waals surface area contributed by atoms with Gasteiger partial charge in [0, 0.05) is 5.56 Å². The Labute approximate surface area is 149 Å². The minimum atomic E-state index is -3.95. The summed E-state index contributed by atoms with van der Waals surface area (Å²) in [4.78, 5) is -0.0171. The summed E-state index contributed by atoms with van der Waals surface area (Å²) in [5.41, 5.74) is 2.17. The number of nitrogens with two attached hydrogens (primary N) is 1. The summed E-state index contributed by atoms with van der Waals surface area (Å²) in [6, 6.07) is 15.8. The maximum Gasteiger partial charge on any atom is 0.238 e. The number of hydrogen-bond donors (Lipinski definition) is 1. The zero-order valence-electron chi connectivity index (χ0n) is 13.5. The Morgan fingerprint density at radius 1 is 0.846 bits per heavy atom. The Morgan fingerprint density at radius 3 is 2.23 bits per heavy atom. The molecule has 0 saturated carbocycles. The van der Waals surface area contributed by atoms with E-state index in [0.717, 1.165) is 0 Å². The maximum atomic E-state index is 13.8. The van der Waals surface area contributed by atoms with Crippen LogP contribution in [0.15, 0.2) is 65.6 Å². The standard InChI is InChI=1S/C19H14FNO4S/c20-13-5-3-4-12(8-13)15-9-17-18(25-11-24-17)10-16(15)14-6-1-2-7-19(14)26(21,22)23/h1-10H,11H2,(H2,21,22,23). The largest absolute Gasteiger partial charge is 0.454 e. The van der Waals surface area contributed by atoms with Gasteiger partial charge in [-0.25, -0.2) is 17.9 Å². The Hall–Kier alpha value is -2.90. The van der Waals surface area contributed by atoms with Crippen molar-refractivity contribution in [2.75, 3.05) is 6.79 Å². The number of halogens is 1. The highest BCUT2D eigenvalue weighted by molar-refractivity contribution is 7.89. The van der Waals surface area contributed by atoms with Crippen molar-refractivity contribution < 1.29 is 22.3 Å². The number of ether oxygens (including phenoxy) is 2. The summed E-state index contributed by atoms with van der Waals surface area (Å²) in [6.07, 6.45) is 0. The molecule has 0 aliphatic carbocycles. The number of sulfonamides is 1. The zero-order valence-corrected chi connectivity index (χ0v) is 14.3. The van der Waals surface area contributed by atoms with Gasteiger partial charge in [0.05, 0.1) is 4.90 Å². The minimum absolute atomic E-state index is 0.0171. The van der Waals surface area contributed by atoms with E-state index in [1.165, 1.54) is 18.2 Å². The summed E-state index contributed by atoms with van der Waals surface area (Å²) in [7, 11) is -3.95. The van der Waals surface area contributed by atoms with Crippen molar-refractivity contribution in [2.24, 2.45) is 5.14 Å². The van der Waals surface area contributed by atoms with Gasteiger partial charge < -0.3 is 9.47 Å². The van der Waals surface area contributed by atoms with Crippen LogP contribution < -0.4 is 14.6 Å². The quantitative estimate of drug-likeness (QED) is 0.764. The number of fused-ring (bicyclic) bond motifs is 1. The first kappa shape index (κ1) is 16.6. The van der Waals surface area contributed by atoms with E-state index in [-0.39, 0.29) is 11.7 Å². The van der Waals surface area contributed by atoms with Crippen molar-refractivity contribution in [1.82, 2.24) is 0 Å². The van der Waals surface area contributed by atoms with Crippen LogP contribution in [0, 0.1) is 5.82 Å². The molecule has 0 aromatic heterocycles. The molecule has 7 heteroatoms. The van der Waals surface area contributed by atoms with E-state index in [0.29, 0.717) is 33.8 Å². The third-order valence-electron chi connectivity index (χ3n) is 4.13. The molecule has 0 amide bonds. The van der Waals surface area contributed by atoms with E-state index >= 15 is 0 Å². The van der Waals surface area contributed by atoms with Gasteiger partial charge >= 0.3 is 0 Å². The molecule has 3 aromatic rings. The highest BCUT2D eigenvalue weighted by Crippen LogP contribution is 2.44. The van der Waals surface area contributed by atoms with Crippen LogP contribution in [0.4, 0.5) is 4.39 Å². The molecule has 0 bridgehead atoms. The normalized spacial score (nSPS) is 13.0. The van der Waals surface area contributed by atoms with E-state index in [1.807, 2.05) is 0 Å². The molecule has 132 valence electrons. The fraction of sp³-hybridized carbons (Fsp3) is 0.0526. The highest BCUT2D eigenvalue weighted by atomic mass is 32.2. The topological polar surface area (TPSA) is 78.6 Å². The molecule has 1 heterocycles. The predicted octanol–water partition coefficient (Wildman–Crippen LogP) is 3.54. The molecule has 0 radical (unpaired) electrons. The van der Waals surface area contributed by atoms with Gasteiger partial charge in [0.1, 0.15) is 5.82 Å². The Kier molecular flexibility index (Phi) is 3.90. The summed E-state index contributed by atoms with van der Waals surface area (Å²) in [5.74, 6) is 0.608. The first-order chi connectivity index (χ1) is 12.4. The third kappa shape index (κ3) is 2.91. The molecule has 0 spiro atoms. The van der Waals surface area contributed by atoms with Crippen molar-refractivity contribution in [3.63, 3.8) is 0 Å². The van der Waals surface area contributed by atoms with Crippen molar-refractivity contribution >= 4 is 10.0 Å². The number of hydrogen-bond acceptors (Lipinski definition) is 4. The van der Waals surface area contributed by atoms with Crippen LogP contribution in [-0.2, 0) is 10.0 Å². The minimum Gasteiger partial charge on any atom is -0.454 e. The second-order valence-electron chi connectivity index (χ2n) is 5.80. The van der Waals surface area contributed by atoms with Crippen molar-refractivity contribution in [2.45, 2.75) is 4.90 Å². The lowest BCUT2D eigenvalue weighted by Gasteiger charge is -2.14. The second-order valence-corrected chi connectivity index (χ2v) is 7.33. The molecule has 3 aromatic carbocycles. The molecular weight excluding hydrogens is 357 g/mol. The highest BCUT2D eigenvalue weighted by Gasteiger charge is 2.23. The molecule has 5 nitrogen and oxygen atoms in total. The average molecular weight is 371 g/mol. The van der Waals surface area contributed by atoms with Crippen molar-refractivity contribution in [3.8, 4) is 33.8 Å². The lowest BCUT2D eigenvalue weighted by atomic mass is 9.94. The van der Waals surface area contributed by atoms with Crippen LogP contribution in [0.3, 0.4) is 0 Å².